The second-order valence-electron chi connectivity index (χ2n) is 4.64. The number of nitrogens with one attached hydrogen (secondary N) is 2. The van der Waals surface area contributed by atoms with Gasteiger partial charge in [-0.15, -0.1) is 11.3 Å². The summed E-state index contributed by atoms with van der Waals surface area (Å²) in [5.74, 6) is -0.140. The van der Waals surface area contributed by atoms with Crippen LogP contribution in [0.25, 0.3) is 0 Å². The second-order valence-corrected chi connectivity index (χ2v) is 5.69. The van der Waals surface area contributed by atoms with Crippen molar-refractivity contribution in [3.8, 4) is 0 Å². The number of benzene rings is 1. The Morgan fingerprint density at radius 1 is 1.35 bits per heavy atom. The summed E-state index contributed by atoms with van der Waals surface area (Å²) in [6.07, 6.45) is 0.939. The number of hydrogen-bond acceptors (Lipinski definition) is 4. The molecule has 0 aliphatic heterocycles. The molecular weight excluding hydrogens is 270 g/mol. The second kappa shape index (κ2) is 6.43. The van der Waals surface area contributed by atoms with Crippen LogP contribution in [0, 0.1) is 6.92 Å². The summed E-state index contributed by atoms with van der Waals surface area (Å²) in [7, 11) is 1.60. The number of rotatable bonds is 5. The molecule has 0 unspecified atom stereocenters. The van der Waals surface area contributed by atoms with Gasteiger partial charge in [0.15, 0.2) is 0 Å². The highest BCUT2D eigenvalue weighted by Gasteiger charge is 2.12. The van der Waals surface area contributed by atoms with Gasteiger partial charge in [-0.1, -0.05) is 29.8 Å². The van der Waals surface area contributed by atoms with E-state index in [2.05, 4.69) is 41.8 Å². The molecule has 1 aromatic heterocycles. The number of carbonyl (C=O) groups is 1. The molecule has 0 atom stereocenters. The average molecular weight is 289 g/mol. The SMILES string of the molecule is CNC(=O)c1sc(NCCc2cccc(C)c2)cc1N. The maximum Gasteiger partial charge on any atom is 0.263 e. The zero-order valence-corrected chi connectivity index (χ0v) is 12.5. The van der Waals surface area contributed by atoms with E-state index in [0.29, 0.717) is 10.6 Å². The zero-order valence-electron chi connectivity index (χ0n) is 11.7. The quantitative estimate of drug-likeness (QED) is 0.792. The van der Waals surface area contributed by atoms with Crippen molar-refractivity contribution >= 4 is 27.9 Å². The fraction of sp³-hybridized carbons (Fsp3) is 0.267. The van der Waals surface area contributed by atoms with Crippen molar-refractivity contribution in [1.82, 2.24) is 5.32 Å². The van der Waals surface area contributed by atoms with Crippen LogP contribution in [0.15, 0.2) is 30.3 Å². The van der Waals surface area contributed by atoms with E-state index in [9.17, 15) is 4.79 Å². The maximum atomic E-state index is 11.6. The van der Waals surface area contributed by atoms with Gasteiger partial charge in [0.2, 0.25) is 0 Å². The largest absolute Gasteiger partial charge is 0.397 e. The Bertz CT molecular complexity index is 607. The average Bonchev–Trinajstić information content (AvgIpc) is 2.79. The molecule has 4 N–H and O–H groups in total. The molecule has 0 radical (unpaired) electrons. The standard InChI is InChI=1S/C15H19N3OS/c1-10-4-3-5-11(8-10)6-7-18-13-9-12(16)14(20-13)15(19)17-2/h3-5,8-9,18H,6-7,16H2,1-2H3,(H,17,19). The molecule has 106 valence electrons. The summed E-state index contributed by atoms with van der Waals surface area (Å²) in [6.45, 7) is 2.91. The number of hydrogen-bond donors (Lipinski definition) is 3. The van der Waals surface area contributed by atoms with Gasteiger partial charge in [-0.25, -0.2) is 0 Å². The molecule has 0 saturated heterocycles. The highest BCUT2D eigenvalue weighted by Crippen LogP contribution is 2.28. The van der Waals surface area contributed by atoms with Crippen LogP contribution in [-0.4, -0.2) is 19.5 Å². The lowest BCUT2D eigenvalue weighted by Gasteiger charge is -2.04. The predicted octanol–water partition coefficient (Wildman–Crippen LogP) is 2.65. The Morgan fingerprint density at radius 3 is 2.85 bits per heavy atom. The van der Waals surface area contributed by atoms with Gasteiger partial charge in [0.1, 0.15) is 4.88 Å². The molecule has 1 heterocycles. The molecule has 4 nitrogen and oxygen atoms in total. The summed E-state index contributed by atoms with van der Waals surface area (Å²) in [4.78, 5) is 12.1. The van der Waals surface area contributed by atoms with Crippen LogP contribution < -0.4 is 16.4 Å². The van der Waals surface area contributed by atoms with E-state index >= 15 is 0 Å². The van der Waals surface area contributed by atoms with E-state index in [-0.39, 0.29) is 5.91 Å². The number of nitrogens with two attached hydrogens (primary N) is 1. The summed E-state index contributed by atoms with van der Waals surface area (Å²) in [6, 6.07) is 10.3. The lowest BCUT2D eigenvalue weighted by molar-refractivity contribution is 0.0968. The number of carbonyl (C=O) groups excluding carboxylic acids is 1. The zero-order chi connectivity index (χ0) is 14.5. The van der Waals surface area contributed by atoms with Crippen LogP contribution in [0.1, 0.15) is 20.8 Å². The van der Waals surface area contributed by atoms with Crippen LogP contribution in [-0.2, 0) is 6.42 Å². The van der Waals surface area contributed by atoms with E-state index in [4.69, 9.17) is 5.73 Å². The van der Waals surface area contributed by atoms with Crippen LogP contribution in [0.3, 0.4) is 0 Å². The predicted molar refractivity (Wildman–Crippen MR) is 85.5 cm³/mol. The van der Waals surface area contributed by atoms with E-state index in [1.54, 1.807) is 7.05 Å². The number of aryl methyl sites for hydroxylation is 1. The molecule has 0 spiro atoms. The molecule has 5 heteroatoms. The minimum absolute atomic E-state index is 0.140. The van der Waals surface area contributed by atoms with Crippen LogP contribution in [0.4, 0.5) is 10.7 Å². The molecule has 0 fully saturated rings. The highest BCUT2D eigenvalue weighted by atomic mass is 32.1. The normalized spacial score (nSPS) is 10.3. The monoisotopic (exact) mass is 289 g/mol. The van der Waals surface area contributed by atoms with Crippen molar-refractivity contribution in [3.63, 3.8) is 0 Å². The van der Waals surface area contributed by atoms with E-state index < -0.39 is 0 Å². The molecule has 1 aromatic carbocycles. The number of thiophene rings is 1. The third kappa shape index (κ3) is 3.51. The van der Waals surface area contributed by atoms with Gasteiger partial charge < -0.3 is 16.4 Å². The van der Waals surface area contributed by atoms with Gasteiger partial charge in [0, 0.05) is 13.6 Å². The third-order valence-corrected chi connectivity index (χ3v) is 4.10. The number of anilines is 2. The summed E-state index contributed by atoms with van der Waals surface area (Å²) >= 11 is 1.38. The maximum absolute atomic E-state index is 11.6. The van der Waals surface area contributed by atoms with E-state index in [1.807, 2.05) is 6.07 Å². The Labute approximate surface area is 123 Å². The van der Waals surface area contributed by atoms with Crippen molar-refractivity contribution in [2.45, 2.75) is 13.3 Å². The Kier molecular flexibility index (Phi) is 4.63. The van der Waals surface area contributed by atoms with Gasteiger partial charge in [-0.2, -0.15) is 0 Å². The number of nitrogen functional groups attached to an aromatic ring is 1. The highest BCUT2D eigenvalue weighted by molar-refractivity contribution is 7.18. The van der Waals surface area contributed by atoms with Gasteiger partial charge in [0.25, 0.3) is 5.91 Å². The summed E-state index contributed by atoms with van der Waals surface area (Å²) < 4.78 is 0. The fourth-order valence-electron chi connectivity index (χ4n) is 1.98. The topological polar surface area (TPSA) is 67.2 Å². The summed E-state index contributed by atoms with van der Waals surface area (Å²) in [5, 5.41) is 6.82. The Morgan fingerprint density at radius 2 is 2.15 bits per heavy atom. The first-order valence-corrected chi connectivity index (χ1v) is 7.32. The van der Waals surface area contributed by atoms with Crippen LogP contribution in [0.5, 0.6) is 0 Å². The van der Waals surface area contributed by atoms with Gasteiger partial charge in [0.05, 0.1) is 10.7 Å². The Balaban J connectivity index is 1.93. The minimum Gasteiger partial charge on any atom is -0.397 e. The molecule has 0 aliphatic rings. The third-order valence-electron chi connectivity index (χ3n) is 2.99. The van der Waals surface area contributed by atoms with Crippen LogP contribution >= 0.6 is 11.3 Å². The summed E-state index contributed by atoms with van der Waals surface area (Å²) in [5.41, 5.74) is 8.92. The van der Waals surface area contributed by atoms with Gasteiger partial charge in [-0.3, -0.25) is 4.79 Å². The smallest absolute Gasteiger partial charge is 0.263 e. The molecule has 2 aromatic rings. The van der Waals surface area contributed by atoms with Crippen molar-refractivity contribution in [2.24, 2.45) is 0 Å². The first-order valence-electron chi connectivity index (χ1n) is 6.51. The Hall–Kier alpha value is -2.01. The molecule has 1 amide bonds. The lowest BCUT2D eigenvalue weighted by atomic mass is 10.1. The fourth-order valence-corrected chi connectivity index (χ4v) is 2.93. The van der Waals surface area contributed by atoms with Crippen molar-refractivity contribution in [3.05, 3.63) is 46.3 Å². The lowest BCUT2D eigenvalue weighted by Crippen LogP contribution is -2.17. The number of amides is 1. The molecule has 0 aliphatic carbocycles. The molecule has 0 bridgehead atoms. The van der Waals surface area contributed by atoms with E-state index in [0.717, 1.165) is 18.0 Å². The van der Waals surface area contributed by atoms with Crippen molar-refractivity contribution in [2.75, 3.05) is 24.6 Å². The van der Waals surface area contributed by atoms with E-state index in [1.165, 1.54) is 22.5 Å². The molecule has 2 rings (SSSR count). The first-order chi connectivity index (χ1) is 9.60. The van der Waals surface area contributed by atoms with Crippen LogP contribution in [0.2, 0.25) is 0 Å². The molecule has 20 heavy (non-hydrogen) atoms. The minimum atomic E-state index is -0.140. The first kappa shape index (κ1) is 14.4. The molecule has 0 saturated carbocycles. The van der Waals surface area contributed by atoms with Crippen molar-refractivity contribution < 1.29 is 4.79 Å². The van der Waals surface area contributed by atoms with Gasteiger partial charge >= 0.3 is 0 Å². The molecular formula is C15H19N3OS. The van der Waals surface area contributed by atoms with Crippen molar-refractivity contribution in [1.29, 1.82) is 0 Å². The van der Waals surface area contributed by atoms with Gasteiger partial charge in [-0.05, 0) is 25.0 Å².